The van der Waals surface area contributed by atoms with Crippen LogP contribution in [0, 0.1) is 0 Å². The SMILES string of the molecule is CCC1(P=O)CCCCC1. The van der Waals surface area contributed by atoms with Gasteiger partial charge in [0, 0.05) is 0 Å². The van der Waals surface area contributed by atoms with Crippen LogP contribution in [0.1, 0.15) is 45.4 Å². The fourth-order valence-electron chi connectivity index (χ4n) is 1.72. The Morgan fingerprint density at radius 2 is 1.90 bits per heavy atom. The smallest absolute Gasteiger partial charge is 0.162 e. The summed E-state index contributed by atoms with van der Waals surface area (Å²) in [5.41, 5.74) is 0. The Kier molecular flexibility index (Phi) is 2.85. The number of hydrogen-bond donors (Lipinski definition) is 0. The van der Waals surface area contributed by atoms with Crippen molar-refractivity contribution in [2.75, 3.05) is 0 Å². The number of rotatable bonds is 2. The maximum absolute atomic E-state index is 10.8. The highest BCUT2D eigenvalue weighted by molar-refractivity contribution is 7.26. The molecule has 2 heteroatoms. The average molecular weight is 158 g/mol. The summed E-state index contributed by atoms with van der Waals surface area (Å²) in [5.74, 6) is 0. The van der Waals surface area contributed by atoms with E-state index in [4.69, 9.17) is 0 Å². The second-order valence-electron chi connectivity index (χ2n) is 3.23. The van der Waals surface area contributed by atoms with Gasteiger partial charge in [0.05, 0.1) is 5.16 Å². The van der Waals surface area contributed by atoms with Crippen LogP contribution in [0.2, 0.25) is 0 Å². The van der Waals surface area contributed by atoms with E-state index < -0.39 is 0 Å². The van der Waals surface area contributed by atoms with Crippen molar-refractivity contribution in [3.05, 3.63) is 0 Å². The first-order valence-corrected chi connectivity index (χ1v) is 4.99. The van der Waals surface area contributed by atoms with Crippen LogP contribution < -0.4 is 0 Å². The van der Waals surface area contributed by atoms with E-state index >= 15 is 0 Å². The first-order valence-electron chi connectivity index (χ1n) is 4.17. The molecule has 0 aliphatic heterocycles. The standard InChI is InChI=1S/C8H15OP/c1-2-8(10-9)6-4-3-5-7-8/h2-7H2,1H3. The van der Waals surface area contributed by atoms with Crippen LogP contribution in [-0.2, 0) is 4.57 Å². The molecule has 0 atom stereocenters. The zero-order valence-electron chi connectivity index (χ0n) is 6.60. The van der Waals surface area contributed by atoms with Crippen molar-refractivity contribution in [1.82, 2.24) is 0 Å². The third-order valence-corrected chi connectivity index (χ3v) is 3.79. The topological polar surface area (TPSA) is 17.1 Å². The van der Waals surface area contributed by atoms with Gasteiger partial charge in [-0.15, -0.1) is 0 Å². The molecule has 0 saturated heterocycles. The third kappa shape index (κ3) is 1.58. The minimum absolute atomic E-state index is 0.179. The van der Waals surface area contributed by atoms with Gasteiger partial charge in [-0.2, -0.15) is 0 Å². The molecular formula is C8H15OP. The van der Waals surface area contributed by atoms with E-state index in [0.717, 1.165) is 6.42 Å². The van der Waals surface area contributed by atoms with E-state index in [1.807, 2.05) is 0 Å². The normalized spacial score (nSPS) is 24.9. The maximum atomic E-state index is 10.8. The lowest BCUT2D eigenvalue weighted by molar-refractivity contribution is 0.375. The fourth-order valence-corrected chi connectivity index (χ4v) is 2.35. The van der Waals surface area contributed by atoms with Crippen LogP contribution in [0.25, 0.3) is 0 Å². The lowest BCUT2D eigenvalue weighted by Gasteiger charge is -2.29. The molecule has 1 saturated carbocycles. The van der Waals surface area contributed by atoms with E-state index in [9.17, 15) is 4.57 Å². The predicted molar refractivity (Wildman–Crippen MR) is 43.7 cm³/mol. The molecule has 1 aliphatic carbocycles. The summed E-state index contributed by atoms with van der Waals surface area (Å²) < 4.78 is 10.8. The van der Waals surface area contributed by atoms with E-state index in [0.29, 0.717) is 8.46 Å². The Morgan fingerprint density at radius 3 is 2.20 bits per heavy atom. The van der Waals surface area contributed by atoms with Gasteiger partial charge in [-0.1, -0.05) is 26.2 Å². The largest absolute Gasteiger partial charge is 0.274 e. The van der Waals surface area contributed by atoms with Crippen LogP contribution in [0.4, 0.5) is 0 Å². The van der Waals surface area contributed by atoms with Gasteiger partial charge >= 0.3 is 0 Å². The van der Waals surface area contributed by atoms with Gasteiger partial charge in [0.25, 0.3) is 0 Å². The Bertz CT molecular complexity index is 116. The van der Waals surface area contributed by atoms with E-state index in [2.05, 4.69) is 6.92 Å². The van der Waals surface area contributed by atoms with Crippen molar-refractivity contribution in [2.24, 2.45) is 0 Å². The highest BCUT2D eigenvalue weighted by Crippen LogP contribution is 2.41. The van der Waals surface area contributed by atoms with Gasteiger partial charge in [0.2, 0.25) is 0 Å². The molecule has 0 aromatic rings. The van der Waals surface area contributed by atoms with Crippen molar-refractivity contribution in [2.45, 2.75) is 50.6 Å². The zero-order valence-corrected chi connectivity index (χ0v) is 7.49. The zero-order chi connectivity index (χ0) is 7.45. The fraction of sp³-hybridized carbons (Fsp3) is 1.00. The first kappa shape index (κ1) is 8.20. The average Bonchev–Trinajstić information content (AvgIpc) is 2.06. The molecule has 0 aromatic carbocycles. The van der Waals surface area contributed by atoms with Gasteiger partial charge in [0.15, 0.2) is 8.46 Å². The molecule has 10 heavy (non-hydrogen) atoms. The quantitative estimate of drug-likeness (QED) is 0.563. The van der Waals surface area contributed by atoms with Gasteiger partial charge in [-0.25, -0.2) is 0 Å². The highest BCUT2D eigenvalue weighted by Gasteiger charge is 2.30. The summed E-state index contributed by atoms with van der Waals surface area (Å²) in [5, 5.41) is 0.179. The predicted octanol–water partition coefficient (Wildman–Crippen LogP) is 3.39. The minimum Gasteiger partial charge on any atom is -0.274 e. The molecule has 0 bridgehead atoms. The molecule has 1 fully saturated rings. The molecule has 1 aliphatic rings. The van der Waals surface area contributed by atoms with Crippen molar-refractivity contribution in [3.8, 4) is 0 Å². The van der Waals surface area contributed by atoms with Crippen molar-refractivity contribution in [1.29, 1.82) is 0 Å². The van der Waals surface area contributed by atoms with Crippen molar-refractivity contribution >= 4 is 8.46 Å². The van der Waals surface area contributed by atoms with Crippen molar-refractivity contribution in [3.63, 3.8) is 0 Å². The molecule has 0 heterocycles. The van der Waals surface area contributed by atoms with Crippen LogP contribution in [-0.4, -0.2) is 5.16 Å². The van der Waals surface area contributed by atoms with E-state index in [1.165, 1.54) is 32.1 Å². The molecule has 0 radical (unpaired) electrons. The Hall–Kier alpha value is 0.100. The second-order valence-corrected chi connectivity index (χ2v) is 4.36. The molecule has 1 rings (SSSR count). The molecule has 0 spiro atoms. The molecule has 1 nitrogen and oxygen atoms in total. The summed E-state index contributed by atoms with van der Waals surface area (Å²) >= 11 is 0. The van der Waals surface area contributed by atoms with Gasteiger partial charge in [-0.05, 0) is 19.3 Å². The van der Waals surface area contributed by atoms with Crippen LogP contribution in [0.3, 0.4) is 0 Å². The minimum atomic E-state index is 0.179. The Balaban J connectivity index is 2.52. The molecule has 0 amide bonds. The molecular weight excluding hydrogens is 143 g/mol. The van der Waals surface area contributed by atoms with Crippen molar-refractivity contribution < 1.29 is 4.57 Å². The maximum Gasteiger partial charge on any atom is 0.162 e. The Labute approximate surface area is 64.4 Å². The Morgan fingerprint density at radius 1 is 1.30 bits per heavy atom. The van der Waals surface area contributed by atoms with Gasteiger partial charge < -0.3 is 0 Å². The summed E-state index contributed by atoms with van der Waals surface area (Å²) in [6, 6.07) is 0. The van der Waals surface area contributed by atoms with Crippen LogP contribution >= 0.6 is 8.46 Å². The van der Waals surface area contributed by atoms with E-state index in [1.54, 1.807) is 0 Å². The lowest BCUT2D eigenvalue weighted by Crippen LogP contribution is -2.23. The summed E-state index contributed by atoms with van der Waals surface area (Å²) in [4.78, 5) is 0. The van der Waals surface area contributed by atoms with Crippen LogP contribution in [0.15, 0.2) is 0 Å². The van der Waals surface area contributed by atoms with Gasteiger partial charge in [-0.3, -0.25) is 4.57 Å². The molecule has 58 valence electrons. The summed E-state index contributed by atoms with van der Waals surface area (Å²) in [7, 11) is 0.385. The second kappa shape index (κ2) is 3.48. The first-order chi connectivity index (χ1) is 4.83. The summed E-state index contributed by atoms with van der Waals surface area (Å²) in [6.07, 6.45) is 7.34. The van der Waals surface area contributed by atoms with Gasteiger partial charge in [0.1, 0.15) is 0 Å². The van der Waals surface area contributed by atoms with Crippen LogP contribution in [0.5, 0.6) is 0 Å². The summed E-state index contributed by atoms with van der Waals surface area (Å²) in [6.45, 7) is 2.15. The third-order valence-electron chi connectivity index (χ3n) is 2.64. The molecule has 0 aromatic heterocycles. The van der Waals surface area contributed by atoms with E-state index in [-0.39, 0.29) is 5.16 Å². The number of hydrogen-bond acceptors (Lipinski definition) is 1. The highest BCUT2D eigenvalue weighted by atomic mass is 31.1. The molecule has 0 N–H and O–H groups in total. The lowest BCUT2D eigenvalue weighted by atomic mass is 9.86. The monoisotopic (exact) mass is 158 g/mol. The molecule has 0 unspecified atom stereocenters.